The van der Waals surface area contributed by atoms with Gasteiger partial charge in [-0.2, -0.15) is 0 Å². The van der Waals surface area contributed by atoms with Crippen LogP contribution in [0.3, 0.4) is 0 Å². The predicted molar refractivity (Wildman–Crippen MR) is 72.5 cm³/mol. The molecular weight excluding hydrogens is 295 g/mol. The van der Waals surface area contributed by atoms with E-state index in [1.807, 2.05) is 18.0 Å². The molecule has 96 valence electrons. The van der Waals surface area contributed by atoms with Crippen LogP contribution in [0.4, 0.5) is 0 Å². The van der Waals surface area contributed by atoms with E-state index in [-0.39, 0.29) is 26.3 Å². The third kappa shape index (κ3) is 2.78. The summed E-state index contributed by atoms with van der Waals surface area (Å²) in [6.45, 7) is 6.13. The molecule has 0 heterocycles. The summed E-state index contributed by atoms with van der Waals surface area (Å²) in [5, 5.41) is 9.99. The van der Waals surface area contributed by atoms with Gasteiger partial charge in [0.15, 0.2) is 0 Å². The zero-order valence-corrected chi connectivity index (χ0v) is 12.4. The molecule has 1 atom stereocenters. The fourth-order valence-corrected chi connectivity index (χ4v) is 2.68. The first-order valence-corrected chi connectivity index (χ1v) is 7.99. The Kier molecular flexibility index (Phi) is 4.63. The fraction of sp³-hybridized carbons (Fsp3) is 0.286. The van der Waals surface area contributed by atoms with Crippen LogP contribution >= 0.6 is 0 Å². The van der Waals surface area contributed by atoms with E-state index in [2.05, 4.69) is 6.58 Å². The molecule has 1 unspecified atom stereocenters. The first kappa shape index (κ1) is 14.8. The number of carbonyl (C=O) groups excluding carboxylic acids is 2. The number of ketones is 2. The topological polar surface area (TPSA) is 54.4 Å². The van der Waals surface area contributed by atoms with Gasteiger partial charge < -0.3 is 0 Å². The molecule has 0 aromatic heterocycles. The first-order chi connectivity index (χ1) is 8.32. The van der Waals surface area contributed by atoms with Gasteiger partial charge >= 0.3 is 113 Å². The van der Waals surface area contributed by atoms with Gasteiger partial charge in [0.1, 0.15) is 0 Å². The molecule has 0 aliphatic rings. The van der Waals surface area contributed by atoms with Gasteiger partial charge in [-0.3, -0.25) is 0 Å². The van der Waals surface area contributed by atoms with Gasteiger partial charge in [-0.1, -0.05) is 0 Å². The number of aliphatic hydroxyl groups is 1. The zero-order chi connectivity index (χ0) is 13.9. The van der Waals surface area contributed by atoms with Gasteiger partial charge in [0.05, 0.1) is 0 Å². The molecule has 0 amide bonds. The van der Waals surface area contributed by atoms with Crippen molar-refractivity contribution in [2.75, 3.05) is 0 Å². The van der Waals surface area contributed by atoms with E-state index < -0.39 is 11.4 Å². The molecule has 0 radical (unpaired) electrons. The molecule has 1 rings (SSSR count). The number of benzene rings is 1. The number of Topliss-reactive ketones (excluding diaryl/α,β-unsaturated/α-hetero) is 2. The second-order valence-electron chi connectivity index (χ2n) is 4.14. The Morgan fingerprint density at radius 2 is 1.89 bits per heavy atom. The molecular formula is C14H16O3Se. The summed E-state index contributed by atoms with van der Waals surface area (Å²) >= 11 is 0.161. The van der Waals surface area contributed by atoms with Crippen LogP contribution in [0.15, 0.2) is 36.4 Å². The predicted octanol–water partition coefficient (Wildman–Crippen LogP) is 1.14. The summed E-state index contributed by atoms with van der Waals surface area (Å²) in [7, 11) is 0. The Morgan fingerprint density at radius 3 is 2.39 bits per heavy atom. The number of rotatable bonds is 5. The second-order valence-corrected chi connectivity index (χ2v) is 5.92. The molecule has 1 aromatic rings. The van der Waals surface area contributed by atoms with Gasteiger partial charge in [-0.25, -0.2) is 0 Å². The van der Waals surface area contributed by atoms with Crippen LogP contribution in [0, 0.1) is 0 Å². The number of carbonyl (C=O) groups is 2. The van der Waals surface area contributed by atoms with E-state index in [0.29, 0.717) is 5.56 Å². The number of hydrogen-bond acceptors (Lipinski definition) is 3. The SMILES string of the molecule is C=C(C(=O)c1ccccc1[Se]C)C(C)(O)C(C)=O. The summed E-state index contributed by atoms with van der Waals surface area (Å²) in [6.07, 6.45) is 0. The van der Waals surface area contributed by atoms with Crippen molar-refractivity contribution < 1.29 is 14.7 Å². The van der Waals surface area contributed by atoms with E-state index in [1.165, 1.54) is 13.8 Å². The Balaban J connectivity index is 3.16. The molecule has 3 nitrogen and oxygen atoms in total. The van der Waals surface area contributed by atoms with Crippen LogP contribution < -0.4 is 4.46 Å². The van der Waals surface area contributed by atoms with Gasteiger partial charge in [-0.05, 0) is 0 Å². The molecule has 0 saturated carbocycles. The van der Waals surface area contributed by atoms with E-state index in [4.69, 9.17) is 0 Å². The van der Waals surface area contributed by atoms with Crippen molar-refractivity contribution in [1.29, 1.82) is 0 Å². The Morgan fingerprint density at radius 1 is 1.33 bits per heavy atom. The van der Waals surface area contributed by atoms with Crippen LogP contribution in [0.1, 0.15) is 24.2 Å². The third-order valence-electron chi connectivity index (χ3n) is 2.90. The molecule has 0 bridgehead atoms. The molecule has 0 saturated heterocycles. The Hall–Kier alpha value is -1.22. The average molecular weight is 311 g/mol. The van der Waals surface area contributed by atoms with E-state index in [9.17, 15) is 14.7 Å². The van der Waals surface area contributed by atoms with Crippen molar-refractivity contribution in [1.82, 2.24) is 0 Å². The molecule has 1 aromatic carbocycles. The summed E-state index contributed by atoms with van der Waals surface area (Å²) in [5.41, 5.74) is -1.36. The van der Waals surface area contributed by atoms with Crippen LogP contribution in [-0.2, 0) is 4.79 Å². The van der Waals surface area contributed by atoms with E-state index in [1.54, 1.807) is 12.1 Å². The van der Waals surface area contributed by atoms with Crippen LogP contribution in [-0.4, -0.2) is 37.2 Å². The van der Waals surface area contributed by atoms with Crippen molar-refractivity contribution in [2.45, 2.75) is 25.3 Å². The summed E-state index contributed by atoms with van der Waals surface area (Å²) in [6, 6.07) is 7.20. The van der Waals surface area contributed by atoms with Gasteiger partial charge in [0.2, 0.25) is 0 Å². The van der Waals surface area contributed by atoms with Crippen molar-refractivity contribution in [3.05, 3.63) is 42.0 Å². The maximum atomic E-state index is 12.3. The van der Waals surface area contributed by atoms with Gasteiger partial charge in [0.25, 0.3) is 0 Å². The third-order valence-corrected chi connectivity index (χ3v) is 4.57. The molecule has 0 aliphatic carbocycles. The fourth-order valence-electron chi connectivity index (χ4n) is 1.43. The zero-order valence-electron chi connectivity index (χ0n) is 10.7. The van der Waals surface area contributed by atoms with E-state index >= 15 is 0 Å². The van der Waals surface area contributed by atoms with Crippen molar-refractivity contribution in [2.24, 2.45) is 0 Å². The Labute approximate surface area is 113 Å². The van der Waals surface area contributed by atoms with Crippen LogP contribution in [0.5, 0.6) is 0 Å². The summed E-state index contributed by atoms with van der Waals surface area (Å²) in [4.78, 5) is 23.6. The minimum absolute atomic E-state index is 0.0771. The second kappa shape index (κ2) is 5.61. The molecule has 1 N–H and O–H groups in total. The maximum absolute atomic E-state index is 12.3. The van der Waals surface area contributed by atoms with Crippen molar-refractivity contribution in [3.63, 3.8) is 0 Å². The van der Waals surface area contributed by atoms with Crippen LogP contribution in [0.2, 0.25) is 5.82 Å². The number of hydrogen-bond donors (Lipinski definition) is 1. The first-order valence-electron chi connectivity index (χ1n) is 5.43. The molecule has 0 aliphatic heterocycles. The van der Waals surface area contributed by atoms with Crippen molar-refractivity contribution >= 4 is 31.0 Å². The summed E-state index contributed by atoms with van der Waals surface area (Å²) < 4.78 is 0.940. The standard InChI is InChI=1S/C14H16O3Se/c1-9(14(3,17)10(2)15)13(16)11-7-5-6-8-12(11)18-4/h5-8,17H,1H2,2-4H3. The molecule has 0 spiro atoms. The van der Waals surface area contributed by atoms with Crippen LogP contribution in [0.25, 0.3) is 0 Å². The Bertz CT molecular complexity index is 504. The summed E-state index contributed by atoms with van der Waals surface area (Å²) in [5.74, 6) is 1.15. The van der Waals surface area contributed by atoms with E-state index in [0.717, 1.165) is 4.46 Å². The molecule has 4 heteroatoms. The van der Waals surface area contributed by atoms with Gasteiger partial charge in [0, 0.05) is 0 Å². The average Bonchev–Trinajstić information content (AvgIpc) is 2.36. The van der Waals surface area contributed by atoms with Gasteiger partial charge in [-0.15, -0.1) is 0 Å². The normalized spacial score (nSPS) is 13.8. The molecule has 18 heavy (non-hydrogen) atoms. The monoisotopic (exact) mass is 312 g/mol. The molecule has 0 fully saturated rings. The van der Waals surface area contributed by atoms with Crippen molar-refractivity contribution in [3.8, 4) is 0 Å². The quantitative estimate of drug-likeness (QED) is 0.504. The minimum atomic E-state index is -1.80.